The average molecular weight is 527 g/mol. The molecule has 12 heteroatoms. The first-order valence-electron chi connectivity index (χ1n) is 11.6. The lowest BCUT2D eigenvalue weighted by Crippen LogP contribution is -2.47. The molecule has 11 nitrogen and oxygen atoms in total. The third-order valence-corrected chi connectivity index (χ3v) is 5.63. The van der Waals surface area contributed by atoms with E-state index in [0.29, 0.717) is 5.56 Å². The lowest BCUT2D eigenvalue weighted by Gasteiger charge is -2.29. The normalized spacial score (nSPS) is 23.3. The molecule has 36 heavy (non-hydrogen) atoms. The number of carbonyl (C=O) groups is 5. The molecule has 0 spiro atoms. The molecule has 1 amide bonds. The molecular weight excluding hydrogens is 496 g/mol. The third kappa shape index (κ3) is 7.16. The van der Waals surface area contributed by atoms with Crippen LogP contribution in [0.25, 0.3) is 0 Å². The van der Waals surface area contributed by atoms with Crippen molar-refractivity contribution < 1.29 is 42.9 Å². The third-order valence-electron chi connectivity index (χ3n) is 5.45. The van der Waals surface area contributed by atoms with Gasteiger partial charge in [-0.05, 0) is 38.8 Å². The highest BCUT2D eigenvalue weighted by Gasteiger charge is 2.41. The molecule has 1 aliphatic rings. The summed E-state index contributed by atoms with van der Waals surface area (Å²) in [6.07, 6.45) is -0.490. The Morgan fingerprint density at radius 1 is 1.19 bits per heavy atom. The predicted octanol–water partition coefficient (Wildman–Crippen LogP) is 2.10. The number of cyclic esters (lactones) is 2. The number of esters is 4. The Kier molecular flexibility index (Phi) is 10.2. The first-order valence-corrected chi connectivity index (χ1v) is 12.0. The Balaban J connectivity index is 2.29. The Morgan fingerprint density at radius 2 is 1.86 bits per heavy atom. The van der Waals surface area contributed by atoms with E-state index in [1.165, 1.54) is 26.1 Å². The molecule has 0 radical (unpaired) electrons. The number of aromatic nitrogens is 1. The molecule has 1 aromatic rings. The number of alkyl halides is 1. The maximum Gasteiger partial charge on any atom is 0.332 e. The van der Waals surface area contributed by atoms with Crippen molar-refractivity contribution in [3.8, 4) is 5.75 Å². The highest BCUT2D eigenvalue weighted by atomic mass is 35.5. The maximum atomic E-state index is 13.0. The maximum absolute atomic E-state index is 13.0. The second kappa shape index (κ2) is 12.7. The van der Waals surface area contributed by atoms with Crippen LogP contribution >= 0.6 is 11.6 Å². The number of hydrogen-bond acceptors (Lipinski definition) is 10. The van der Waals surface area contributed by atoms with Crippen LogP contribution in [0.1, 0.15) is 57.1 Å². The van der Waals surface area contributed by atoms with Crippen LogP contribution < -0.4 is 10.1 Å². The molecule has 0 aliphatic carbocycles. The predicted molar refractivity (Wildman–Crippen MR) is 126 cm³/mol. The van der Waals surface area contributed by atoms with Gasteiger partial charge in [0, 0.05) is 6.20 Å². The summed E-state index contributed by atoms with van der Waals surface area (Å²) >= 11 is 5.76. The fraction of sp³-hybridized carbons (Fsp3) is 0.583. The van der Waals surface area contributed by atoms with Crippen molar-refractivity contribution in [3.63, 3.8) is 0 Å². The zero-order valence-corrected chi connectivity index (χ0v) is 21.8. The number of aryl methyl sites for hydroxylation is 1. The van der Waals surface area contributed by atoms with E-state index in [1.807, 2.05) is 0 Å². The van der Waals surface area contributed by atoms with Crippen molar-refractivity contribution in [2.45, 2.75) is 71.6 Å². The number of ether oxygens (including phenoxy) is 4. The Hall–Kier alpha value is -3.21. The minimum Gasteiger partial charge on any atom is -0.463 e. The summed E-state index contributed by atoms with van der Waals surface area (Å²) in [5, 5.41) is 1.44. The van der Waals surface area contributed by atoms with Crippen molar-refractivity contribution in [1.82, 2.24) is 10.3 Å². The summed E-state index contributed by atoms with van der Waals surface area (Å²) in [5.74, 6) is -5.31. The van der Waals surface area contributed by atoms with Crippen molar-refractivity contribution in [2.75, 3.05) is 6.61 Å². The fourth-order valence-corrected chi connectivity index (χ4v) is 3.37. The Labute approximate surface area is 214 Å². The van der Waals surface area contributed by atoms with Crippen LogP contribution in [-0.4, -0.2) is 65.0 Å². The number of amides is 1. The summed E-state index contributed by atoms with van der Waals surface area (Å²) in [5.41, 5.74) is 0.154. The summed E-state index contributed by atoms with van der Waals surface area (Å²) < 4.78 is 21.4. The molecule has 1 unspecified atom stereocenters. The number of rotatable bonds is 7. The first-order chi connectivity index (χ1) is 16.9. The van der Waals surface area contributed by atoms with Crippen LogP contribution in [0.15, 0.2) is 12.3 Å². The number of hydrogen-bond donors (Lipinski definition) is 1. The van der Waals surface area contributed by atoms with Crippen LogP contribution in [0.3, 0.4) is 0 Å². The average Bonchev–Trinajstić information content (AvgIpc) is 2.84. The SMILES string of the molecule is CC[C@H]1C(=O)OC[C@H](NC(=O)c2nccc(C)c2OC(=O)C(C)Cl)C(=O)O[C@@H](C)[C@@H]1OC(=O)C(C)C. The molecule has 1 aromatic heterocycles. The van der Waals surface area contributed by atoms with E-state index in [-0.39, 0.29) is 17.9 Å². The smallest absolute Gasteiger partial charge is 0.332 e. The second-order valence-electron chi connectivity index (χ2n) is 8.71. The molecule has 198 valence electrons. The lowest BCUT2D eigenvalue weighted by atomic mass is 9.95. The van der Waals surface area contributed by atoms with Gasteiger partial charge in [0.1, 0.15) is 18.1 Å². The van der Waals surface area contributed by atoms with Crippen LogP contribution in [0.4, 0.5) is 0 Å². The number of carbonyl (C=O) groups excluding carboxylic acids is 5. The zero-order valence-electron chi connectivity index (χ0n) is 21.0. The number of pyridine rings is 1. The van der Waals surface area contributed by atoms with Gasteiger partial charge in [0.25, 0.3) is 5.91 Å². The van der Waals surface area contributed by atoms with Gasteiger partial charge in [-0.1, -0.05) is 20.8 Å². The Bertz CT molecular complexity index is 1010. The van der Waals surface area contributed by atoms with Gasteiger partial charge in [0.05, 0.1) is 11.8 Å². The van der Waals surface area contributed by atoms with Crippen molar-refractivity contribution in [3.05, 3.63) is 23.5 Å². The molecule has 0 aromatic carbocycles. The van der Waals surface area contributed by atoms with Gasteiger partial charge in [0.15, 0.2) is 23.6 Å². The molecule has 1 fully saturated rings. The number of nitrogens with zero attached hydrogens (tertiary/aromatic N) is 1. The molecule has 2 heterocycles. The fourth-order valence-electron chi connectivity index (χ4n) is 3.33. The van der Waals surface area contributed by atoms with Gasteiger partial charge < -0.3 is 24.3 Å². The van der Waals surface area contributed by atoms with Crippen LogP contribution in [0.2, 0.25) is 0 Å². The van der Waals surface area contributed by atoms with E-state index in [4.69, 9.17) is 30.5 Å². The second-order valence-corrected chi connectivity index (χ2v) is 9.37. The standard InChI is InChI=1S/C24H31ClN2O9/c1-7-15-19(36-21(29)11(2)3)14(6)34-24(32)16(10-33-23(15)31)27-20(28)17-18(12(4)8-9-26-17)35-22(30)13(5)25/h8-9,11,13-16,19H,7,10H2,1-6H3,(H,27,28)/t13?,14-,15+,16-,19-/m0/s1. The summed E-state index contributed by atoms with van der Waals surface area (Å²) in [4.78, 5) is 66.9. The van der Waals surface area contributed by atoms with Gasteiger partial charge in [-0.2, -0.15) is 0 Å². The van der Waals surface area contributed by atoms with E-state index in [1.54, 1.807) is 27.7 Å². The molecular formula is C24H31ClN2O9. The molecule has 0 saturated carbocycles. The summed E-state index contributed by atoms with van der Waals surface area (Å²) in [6.45, 7) is 8.95. The van der Waals surface area contributed by atoms with Crippen LogP contribution in [0.5, 0.6) is 5.75 Å². The largest absolute Gasteiger partial charge is 0.463 e. The van der Waals surface area contributed by atoms with Gasteiger partial charge in [-0.3, -0.25) is 19.2 Å². The number of nitrogens with one attached hydrogen (secondary N) is 1. The van der Waals surface area contributed by atoms with E-state index < -0.39 is 71.9 Å². The van der Waals surface area contributed by atoms with Crippen LogP contribution in [0, 0.1) is 18.8 Å². The van der Waals surface area contributed by atoms with E-state index in [0.717, 1.165) is 0 Å². The molecule has 1 N–H and O–H groups in total. The van der Waals surface area contributed by atoms with Crippen LogP contribution in [-0.2, 0) is 33.4 Å². The summed E-state index contributed by atoms with van der Waals surface area (Å²) in [7, 11) is 0. The molecule has 0 bridgehead atoms. The molecule has 1 saturated heterocycles. The monoisotopic (exact) mass is 526 g/mol. The van der Waals surface area contributed by atoms with Gasteiger partial charge in [-0.25, -0.2) is 9.78 Å². The van der Waals surface area contributed by atoms with Gasteiger partial charge >= 0.3 is 23.9 Å². The Morgan fingerprint density at radius 3 is 2.44 bits per heavy atom. The zero-order chi connectivity index (χ0) is 27.2. The molecule has 2 rings (SSSR count). The lowest BCUT2D eigenvalue weighted by molar-refractivity contribution is -0.176. The van der Waals surface area contributed by atoms with Crippen molar-refractivity contribution in [2.24, 2.45) is 11.8 Å². The van der Waals surface area contributed by atoms with E-state index in [9.17, 15) is 24.0 Å². The molecule has 1 aliphatic heterocycles. The first kappa shape index (κ1) is 29.0. The van der Waals surface area contributed by atoms with Gasteiger partial charge in [-0.15, -0.1) is 11.6 Å². The van der Waals surface area contributed by atoms with Gasteiger partial charge in [0.2, 0.25) is 0 Å². The van der Waals surface area contributed by atoms with E-state index in [2.05, 4.69) is 10.3 Å². The summed E-state index contributed by atoms with van der Waals surface area (Å²) in [6, 6.07) is 0.123. The quantitative estimate of drug-likeness (QED) is 0.318. The molecule has 5 atom stereocenters. The minimum atomic E-state index is -1.40. The highest BCUT2D eigenvalue weighted by molar-refractivity contribution is 6.29. The highest BCUT2D eigenvalue weighted by Crippen LogP contribution is 2.25. The minimum absolute atomic E-state index is 0.124. The number of halogens is 1. The van der Waals surface area contributed by atoms with Crippen molar-refractivity contribution in [1.29, 1.82) is 0 Å². The van der Waals surface area contributed by atoms with E-state index >= 15 is 0 Å². The topological polar surface area (TPSA) is 147 Å². The van der Waals surface area contributed by atoms with Crippen molar-refractivity contribution >= 4 is 41.4 Å².